The molecule has 2 heterocycles. The van der Waals surface area contributed by atoms with Crippen LogP contribution in [-0.4, -0.2) is 66.6 Å². The quantitative estimate of drug-likeness (QED) is 0.539. The molecule has 3 aromatic rings. The van der Waals surface area contributed by atoms with Crippen LogP contribution in [0, 0.1) is 5.92 Å². The predicted molar refractivity (Wildman–Crippen MR) is 136 cm³/mol. The number of aliphatic hydroxyl groups excluding tert-OH is 1. The Morgan fingerprint density at radius 3 is 2.54 bits per heavy atom. The Labute approximate surface area is 208 Å². The molecule has 0 unspecified atom stereocenters. The molecule has 1 aliphatic heterocycles. The Kier molecular flexibility index (Phi) is 7.86. The zero-order chi connectivity index (χ0) is 25.0. The monoisotopic (exact) mass is 495 g/mol. The Bertz CT molecular complexity index is 1220. The van der Waals surface area contributed by atoms with E-state index in [1.54, 1.807) is 19.2 Å². The molecule has 0 saturated carbocycles. The van der Waals surface area contributed by atoms with Crippen molar-refractivity contribution in [3.8, 4) is 16.9 Å². The van der Waals surface area contributed by atoms with Crippen LogP contribution in [0.5, 0.6) is 5.75 Å². The molecule has 2 aromatic carbocycles. The molecule has 0 aliphatic carbocycles. The Morgan fingerprint density at radius 2 is 1.86 bits per heavy atom. The van der Waals surface area contributed by atoms with E-state index in [1.165, 1.54) is 4.31 Å². The summed E-state index contributed by atoms with van der Waals surface area (Å²) in [6, 6.07) is 20.4. The fraction of sp³-hybridized carbons (Fsp3) is 0.370. The van der Waals surface area contributed by atoms with Crippen molar-refractivity contribution in [1.29, 1.82) is 0 Å². The number of pyridine rings is 1. The maximum atomic E-state index is 13.7. The zero-order valence-electron chi connectivity index (χ0n) is 20.4. The lowest BCUT2D eigenvalue weighted by atomic mass is 10.0. The van der Waals surface area contributed by atoms with Crippen LogP contribution in [0.2, 0.25) is 0 Å². The fourth-order valence-corrected chi connectivity index (χ4v) is 6.22. The van der Waals surface area contributed by atoms with Crippen LogP contribution in [0.3, 0.4) is 0 Å². The van der Waals surface area contributed by atoms with Gasteiger partial charge in [0, 0.05) is 37.8 Å². The molecule has 0 spiro atoms. The molecule has 1 aromatic heterocycles. The minimum atomic E-state index is -3.86. The van der Waals surface area contributed by atoms with Crippen molar-refractivity contribution in [3.63, 3.8) is 0 Å². The maximum absolute atomic E-state index is 13.7. The van der Waals surface area contributed by atoms with Gasteiger partial charge in [0.2, 0.25) is 10.0 Å². The SMILES string of the molecule is C[C@@H]1CN([C@H](C)CO)S(=O)(=O)c2ccc(-c3ccccc3)cc2O[C@@H]1CN(C)Cc1ccccn1. The predicted octanol–water partition coefficient (Wildman–Crippen LogP) is 3.65. The number of hydrogen-bond acceptors (Lipinski definition) is 6. The van der Waals surface area contributed by atoms with Gasteiger partial charge in [0.15, 0.2) is 0 Å². The Morgan fingerprint density at radius 1 is 1.11 bits per heavy atom. The van der Waals surface area contributed by atoms with E-state index in [9.17, 15) is 13.5 Å². The van der Waals surface area contributed by atoms with Gasteiger partial charge in [-0.3, -0.25) is 9.88 Å². The molecule has 0 bridgehead atoms. The van der Waals surface area contributed by atoms with Gasteiger partial charge < -0.3 is 9.84 Å². The lowest BCUT2D eigenvalue weighted by Crippen LogP contribution is -2.49. The fourth-order valence-electron chi connectivity index (χ4n) is 4.39. The second-order valence-electron chi connectivity index (χ2n) is 9.29. The van der Waals surface area contributed by atoms with E-state index < -0.39 is 16.1 Å². The minimum Gasteiger partial charge on any atom is -0.487 e. The third-order valence-corrected chi connectivity index (χ3v) is 8.44. The summed E-state index contributed by atoms with van der Waals surface area (Å²) in [7, 11) is -1.85. The van der Waals surface area contributed by atoms with Gasteiger partial charge in [-0.2, -0.15) is 4.31 Å². The van der Waals surface area contributed by atoms with E-state index in [0.717, 1.165) is 16.8 Å². The molecule has 7 nitrogen and oxygen atoms in total. The van der Waals surface area contributed by atoms with Crippen molar-refractivity contribution >= 4 is 10.0 Å². The zero-order valence-corrected chi connectivity index (χ0v) is 21.2. The average molecular weight is 496 g/mol. The lowest BCUT2D eigenvalue weighted by Gasteiger charge is -2.37. The van der Waals surface area contributed by atoms with Crippen LogP contribution in [0.4, 0.5) is 0 Å². The van der Waals surface area contributed by atoms with Crippen LogP contribution in [-0.2, 0) is 16.6 Å². The smallest absolute Gasteiger partial charge is 0.247 e. The Hall–Kier alpha value is -2.78. The summed E-state index contributed by atoms with van der Waals surface area (Å²) in [6.07, 6.45) is 1.51. The summed E-state index contributed by atoms with van der Waals surface area (Å²) in [4.78, 5) is 6.68. The summed E-state index contributed by atoms with van der Waals surface area (Å²) in [5, 5.41) is 9.83. The molecule has 1 N–H and O–H groups in total. The molecule has 35 heavy (non-hydrogen) atoms. The highest BCUT2D eigenvalue weighted by Gasteiger charge is 2.38. The van der Waals surface area contributed by atoms with Crippen molar-refractivity contribution in [3.05, 3.63) is 78.6 Å². The van der Waals surface area contributed by atoms with E-state index in [1.807, 2.05) is 74.6 Å². The molecule has 0 amide bonds. The second-order valence-corrected chi connectivity index (χ2v) is 11.1. The molecule has 8 heteroatoms. The number of aromatic nitrogens is 1. The van der Waals surface area contributed by atoms with Gasteiger partial charge in [-0.05, 0) is 49.4 Å². The molecule has 4 rings (SSSR count). The lowest BCUT2D eigenvalue weighted by molar-refractivity contribution is 0.0731. The van der Waals surface area contributed by atoms with Crippen LogP contribution < -0.4 is 4.74 Å². The van der Waals surface area contributed by atoms with Crippen LogP contribution in [0.25, 0.3) is 11.1 Å². The number of sulfonamides is 1. The van der Waals surface area contributed by atoms with Crippen molar-refractivity contribution < 1.29 is 18.3 Å². The van der Waals surface area contributed by atoms with E-state index >= 15 is 0 Å². The van der Waals surface area contributed by atoms with Crippen molar-refractivity contribution in [2.45, 2.75) is 37.4 Å². The van der Waals surface area contributed by atoms with Gasteiger partial charge in [-0.25, -0.2) is 8.42 Å². The minimum absolute atomic E-state index is 0.113. The summed E-state index contributed by atoms with van der Waals surface area (Å²) in [5.41, 5.74) is 2.82. The number of hydrogen-bond donors (Lipinski definition) is 1. The first-order chi connectivity index (χ1) is 16.8. The molecular formula is C27H33N3O4S. The maximum Gasteiger partial charge on any atom is 0.247 e. The largest absolute Gasteiger partial charge is 0.487 e. The first-order valence-electron chi connectivity index (χ1n) is 11.9. The van der Waals surface area contributed by atoms with Gasteiger partial charge in [0.25, 0.3) is 0 Å². The van der Waals surface area contributed by atoms with Gasteiger partial charge in [-0.15, -0.1) is 0 Å². The standard InChI is InChI=1S/C27H33N3O4S/c1-20-16-30(21(2)19-31)35(32,33)27-13-12-23(22-9-5-4-6-10-22)15-25(27)34-26(20)18-29(3)17-24-11-7-8-14-28-24/h4-15,20-21,26,31H,16-19H2,1-3H3/t20-,21-,26-/m1/s1. The summed E-state index contributed by atoms with van der Waals surface area (Å²) < 4.78 is 35.2. The highest BCUT2D eigenvalue weighted by Crippen LogP contribution is 2.36. The molecule has 1 aliphatic rings. The molecular weight excluding hydrogens is 462 g/mol. The molecule has 3 atom stereocenters. The van der Waals surface area contributed by atoms with E-state index in [-0.39, 0.29) is 30.1 Å². The highest BCUT2D eigenvalue weighted by molar-refractivity contribution is 7.89. The third-order valence-electron chi connectivity index (χ3n) is 6.42. The summed E-state index contributed by atoms with van der Waals surface area (Å²) >= 11 is 0. The summed E-state index contributed by atoms with van der Waals surface area (Å²) in [6.45, 7) is 4.97. The Balaban J connectivity index is 1.72. The first kappa shape index (κ1) is 25.3. The molecule has 0 radical (unpaired) electrons. The van der Waals surface area contributed by atoms with Crippen LogP contribution in [0.15, 0.2) is 77.8 Å². The second kappa shape index (κ2) is 10.9. The van der Waals surface area contributed by atoms with E-state index in [4.69, 9.17) is 4.74 Å². The van der Waals surface area contributed by atoms with Crippen LogP contribution >= 0.6 is 0 Å². The number of fused-ring (bicyclic) bond motifs is 1. The number of likely N-dealkylation sites (N-methyl/N-ethyl adjacent to an activating group) is 1. The number of nitrogens with zero attached hydrogens (tertiary/aromatic N) is 3. The van der Waals surface area contributed by atoms with Gasteiger partial charge >= 0.3 is 0 Å². The summed E-state index contributed by atoms with van der Waals surface area (Å²) in [5.74, 6) is 0.225. The normalized spacial score (nSPS) is 20.9. The number of rotatable bonds is 7. The van der Waals surface area contributed by atoms with Gasteiger partial charge in [0.05, 0.1) is 12.3 Å². The van der Waals surface area contributed by atoms with E-state index in [2.05, 4.69) is 9.88 Å². The van der Waals surface area contributed by atoms with Crippen molar-refractivity contribution in [2.75, 3.05) is 26.7 Å². The topological polar surface area (TPSA) is 83.0 Å². The molecule has 186 valence electrons. The number of ether oxygens (including phenoxy) is 1. The van der Waals surface area contributed by atoms with Crippen LogP contribution in [0.1, 0.15) is 19.5 Å². The van der Waals surface area contributed by atoms with Crippen molar-refractivity contribution in [1.82, 2.24) is 14.2 Å². The van der Waals surface area contributed by atoms with Gasteiger partial charge in [0.1, 0.15) is 16.7 Å². The molecule has 0 fully saturated rings. The number of benzene rings is 2. The molecule has 0 saturated heterocycles. The third kappa shape index (κ3) is 5.73. The van der Waals surface area contributed by atoms with Crippen molar-refractivity contribution in [2.24, 2.45) is 5.92 Å². The van der Waals surface area contributed by atoms with Gasteiger partial charge in [-0.1, -0.05) is 49.4 Å². The average Bonchev–Trinajstić information content (AvgIpc) is 2.86. The highest BCUT2D eigenvalue weighted by atomic mass is 32.2. The number of aliphatic hydroxyl groups is 1. The first-order valence-corrected chi connectivity index (χ1v) is 13.3. The van der Waals surface area contributed by atoms with E-state index in [0.29, 0.717) is 18.8 Å².